The van der Waals surface area contributed by atoms with Crippen molar-refractivity contribution in [2.24, 2.45) is 0 Å². The van der Waals surface area contributed by atoms with Crippen LogP contribution in [0.1, 0.15) is 19.2 Å². The molecule has 0 radical (unpaired) electrons. The zero-order chi connectivity index (χ0) is 23.0. The predicted octanol–water partition coefficient (Wildman–Crippen LogP) is 5.24. The summed E-state index contributed by atoms with van der Waals surface area (Å²) in [5, 5.41) is 18.4. The van der Waals surface area contributed by atoms with Crippen molar-refractivity contribution in [1.29, 1.82) is 5.26 Å². The Balaban J connectivity index is 1.40. The van der Waals surface area contributed by atoms with Crippen molar-refractivity contribution in [2.45, 2.75) is 35.1 Å². The molecule has 0 N–H and O–H groups in total. The molecule has 10 heteroatoms. The molecule has 7 nitrogen and oxygen atoms in total. The molecule has 0 saturated heterocycles. The van der Waals surface area contributed by atoms with Crippen LogP contribution in [0.4, 0.5) is 5.69 Å². The number of thiazole rings is 1. The molecule has 0 spiro atoms. The van der Waals surface area contributed by atoms with E-state index >= 15 is 0 Å². The van der Waals surface area contributed by atoms with E-state index < -0.39 is 0 Å². The fourth-order valence-corrected chi connectivity index (χ4v) is 6.17. The molecule has 0 unspecified atom stereocenters. The Labute approximate surface area is 204 Å². The van der Waals surface area contributed by atoms with Crippen molar-refractivity contribution in [3.05, 3.63) is 60.4 Å². The quantitative estimate of drug-likeness (QED) is 0.279. The molecule has 0 fully saturated rings. The van der Waals surface area contributed by atoms with E-state index in [1.165, 1.54) is 16.5 Å². The Morgan fingerprint density at radius 2 is 1.91 bits per heavy atom. The highest BCUT2D eigenvalue weighted by Crippen LogP contribution is 2.31. The first-order valence-corrected chi connectivity index (χ1v) is 13.2. The van der Waals surface area contributed by atoms with E-state index in [4.69, 9.17) is 5.26 Å². The number of hydrogen-bond donors (Lipinski definition) is 0. The van der Waals surface area contributed by atoms with Crippen LogP contribution < -0.4 is 4.90 Å². The number of thioether (sulfide) groups is 2. The number of carbonyl (C=O) groups excluding carboxylic acids is 1. The SMILES string of the molecule is CCn1c(CSc2nc3ccccc3s2)nnc1SCC(=O)N(CCC#N)c1ccccc1. The molecule has 0 aliphatic rings. The van der Waals surface area contributed by atoms with Gasteiger partial charge in [0.1, 0.15) is 5.82 Å². The Morgan fingerprint density at radius 1 is 1.12 bits per heavy atom. The highest BCUT2D eigenvalue weighted by atomic mass is 32.2. The van der Waals surface area contributed by atoms with Crippen molar-refractivity contribution in [3.63, 3.8) is 0 Å². The van der Waals surface area contributed by atoms with Gasteiger partial charge in [0.25, 0.3) is 0 Å². The molecule has 168 valence electrons. The summed E-state index contributed by atoms with van der Waals surface area (Å²) in [5.41, 5.74) is 1.80. The fourth-order valence-electron chi connectivity index (χ4n) is 3.26. The van der Waals surface area contributed by atoms with E-state index in [1.54, 1.807) is 28.0 Å². The number of para-hydroxylation sites is 2. The van der Waals surface area contributed by atoms with Gasteiger partial charge in [-0.15, -0.1) is 21.5 Å². The van der Waals surface area contributed by atoms with Gasteiger partial charge in [-0.25, -0.2) is 4.98 Å². The number of carbonyl (C=O) groups is 1. The summed E-state index contributed by atoms with van der Waals surface area (Å²) >= 11 is 4.70. The maximum absolute atomic E-state index is 13.0. The Bertz CT molecular complexity index is 1230. The molecule has 0 atom stereocenters. The minimum atomic E-state index is -0.0579. The highest BCUT2D eigenvalue weighted by Gasteiger charge is 2.19. The molecule has 0 bridgehead atoms. The smallest absolute Gasteiger partial charge is 0.237 e. The molecule has 4 aromatic rings. The van der Waals surface area contributed by atoms with Crippen LogP contribution >= 0.6 is 34.9 Å². The highest BCUT2D eigenvalue weighted by molar-refractivity contribution is 8.00. The largest absolute Gasteiger partial charge is 0.311 e. The van der Waals surface area contributed by atoms with E-state index in [0.717, 1.165) is 33.1 Å². The van der Waals surface area contributed by atoms with E-state index in [2.05, 4.69) is 27.3 Å². The van der Waals surface area contributed by atoms with E-state index in [0.29, 0.717) is 12.3 Å². The average molecular weight is 495 g/mol. The Hall–Kier alpha value is -2.87. The standard InChI is InChI=1S/C23H22N6OS3/c1-2-28-20(15-32-23-25-18-11-6-7-12-19(18)33-23)26-27-22(28)31-16-21(30)29(14-8-13-24)17-9-4-3-5-10-17/h3-7,9-12H,2,8,14-16H2,1H3. The number of benzene rings is 2. The summed E-state index contributed by atoms with van der Waals surface area (Å²) in [6, 6.07) is 19.7. The van der Waals surface area contributed by atoms with Crippen molar-refractivity contribution in [2.75, 3.05) is 17.2 Å². The van der Waals surface area contributed by atoms with Gasteiger partial charge in [0.15, 0.2) is 9.50 Å². The predicted molar refractivity (Wildman–Crippen MR) is 135 cm³/mol. The number of aromatic nitrogens is 4. The number of nitrogens with zero attached hydrogens (tertiary/aromatic N) is 6. The maximum Gasteiger partial charge on any atom is 0.237 e. The van der Waals surface area contributed by atoms with Gasteiger partial charge in [-0.3, -0.25) is 4.79 Å². The van der Waals surface area contributed by atoms with Gasteiger partial charge < -0.3 is 9.47 Å². The third-order valence-corrected chi connectivity index (χ3v) is 7.98. The number of hydrogen-bond acceptors (Lipinski definition) is 8. The molecule has 0 saturated carbocycles. The molecular formula is C23H22N6OS3. The monoisotopic (exact) mass is 494 g/mol. The number of amides is 1. The second-order valence-electron chi connectivity index (χ2n) is 6.96. The molecular weight excluding hydrogens is 472 g/mol. The van der Waals surface area contributed by atoms with E-state index in [9.17, 15) is 4.79 Å². The lowest BCUT2D eigenvalue weighted by Gasteiger charge is -2.21. The lowest BCUT2D eigenvalue weighted by atomic mass is 10.2. The van der Waals surface area contributed by atoms with Gasteiger partial charge >= 0.3 is 0 Å². The molecule has 0 aliphatic carbocycles. The molecule has 33 heavy (non-hydrogen) atoms. The Morgan fingerprint density at radius 3 is 2.67 bits per heavy atom. The number of nitriles is 1. The van der Waals surface area contributed by atoms with Gasteiger partial charge in [-0.2, -0.15) is 5.26 Å². The third-order valence-electron chi connectivity index (χ3n) is 4.85. The summed E-state index contributed by atoms with van der Waals surface area (Å²) < 4.78 is 4.22. The van der Waals surface area contributed by atoms with Crippen molar-refractivity contribution >= 4 is 56.7 Å². The summed E-state index contributed by atoms with van der Waals surface area (Å²) in [6.45, 7) is 3.13. The van der Waals surface area contributed by atoms with E-state index in [1.807, 2.05) is 60.0 Å². The minimum absolute atomic E-state index is 0.0579. The summed E-state index contributed by atoms with van der Waals surface area (Å²) in [6.07, 6.45) is 0.281. The first-order chi connectivity index (χ1) is 16.2. The zero-order valence-corrected chi connectivity index (χ0v) is 20.5. The number of fused-ring (bicyclic) bond motifs is 1. The summed E-state index contributed by atoms with van der Waals surface area (Å²) in [5.74, 6) is 1.69. The van der Waals surface area contributed by atoms with Crippen molar-refractivity contribution in [3.8, 4) is 6.07 Å². The van der Waals surface area contributed by atoms with Crippen LogP contribution in [0.25, 0.3) is 10.2 Å². The molecule has 4 rings (SSSR count). The van der Waals surface area contributed by atoms with Crippen molar-refractivity contribution in [1.82, 2.24) is 19.7 Å². The molecule has 2 aromatic carbocycles. The van der Waals surface area contributed by atoms with Crippen LogP contribution in [-0.2, 0) is 17.1 Å². The number of rotatable bonds is 10. The molecule has 2 aromatic heterocycles. The lowest BCUT2D eigenvalue weighted by molar-refractivity contribution is -0.116. The molecule has 1 amide bonds. The van der Waals surface area contributed by atoms with Crippen molar-refractivity contribution < 1.29 is 4.79 Å². The van der Waals surface area contributed by atoms with Crippen LogP contribution in [0.3, 0.4) is 0 Å². The minimum Gasteiger partial charge on any atom is -0.311 e. The number of anilines is 1. The fraction of sp³-hybridized carbons (Fsp3) is 0.261. The van der Waals surface area contributed by atoms with Gasteiger partial charge in [-0.1, -0.05) is 53.9 Å². The first-order valence-electron chi connectivity index (χ1n) is 10.4. The third kappa shape index (κ3) is 5.74. The van der Waals surface area contributed by atoms with Gasteiger partial charge in [0.2, 0.25) is 5.91 Å². The van der Waals surface area contributed by atoms with Crippen LogP contribution in [0.5, 0.6) is 0 Å². The van der Waals surface area contributed by atoms with Crippen LogP contribution in [0, 0.1) is 11.3 Å². The molecule has 0 aliphatic heterocycles. The average Bonchev–Trinajstić information content (AvgIpc) is 3.45. The first kappa shape index (κ1) is 23.3. The van der Waals surface area contributed by atoms with Gasteiger partial charge in [0.05, 0.1) is 34.2 Å². The van der Waals surface area contributed by atoms with Gasteiger partial charge in [-0.05, 0) is 31.2 Å². The maximum atomic E-state index is 13.0. The normalized spacial score (nSPS) is 10.9. The summed E-state index contributed by atoms with van der Waals surface area (Å²) in [7, 11) is 0. The second-order valence-corrected chi connectivity index (χ2v) is 10.2. The van der Waals surface area contributed by atoms with E-state index in [-0.39, 0.29) is 18.1 Å². The van der Waals surface area contributed by atoms with Gasteiger partial charge in [0, 0.05) is 18.8 Å². The van der Waals surface area contributed by atoms with Crippen LogP contribution in [-0.4, -0.2) is 38.0 Å². The lowest BCUT2D eigenvalue weighted by Crippen LogP contribution is -2.33. The topological polar surface area (TPSA) is 87.7 Å². The van der Waals surface area contributed by atoms with Crippen LogP contribution in [0.2, 0.25) is 0 Å². The Kier molecular flexibility index (Phi) is 7.99. The molecule has 2 heterocycles. The zero-order valence-electron chi connectivity index (χ0n) is 18.0. The van der Waals surface area contributed by atoms with Crippen LogP contribution in [0.15, 0.2) is 64.1 Å². The summed E-state index contributed by atoms with van der Waals surface area (Å²) in [4.78, 5) is 19.3. The second kappa shape index (κ2) is 11.3.